The van der Waals surface area contributed by atoms with Crippen LogP contribution in [0.4, 0.5) is 11.4 Å². The number of nitrogen functional groups attached to an aromatic ring is 1. The zero-order chi connectivity index (χ0) is 15.4. The standard InChI is InChI=1S/C14H15Cl2N3OS/c1-19(7-10-3-5-13(16)21-10)8-14(20)18-9-2-4-11(15)12(17)6-9/h2-6H,7-8,17H2,1H3,(H,18,20). The summed E-state index contributed by atoms with van der Waals surface area (Å²) in [4.78, 5) is 15.0. The minimum Gasteiger partial charge on any atom is -0.397 e. The lowest BCUT2D eigenvalue weighted by molar-refractivity contribution is -0.117. The molecule has 1 amide bonds. The minimum atomic E-state index is -0.109. The van der Waals surface area contributed by atoms with Crippen LogP contribution >= 0.6 is 34.5 Å². The Hall–Kier alpha value is -1.27. The van der Waals surface area contributed by atoms with Crippen molar-refractivity contribution in [2.45, 2.75) is 6.54 Å². The van der Waals surface area contributed by atoms with Crippen LogP contribution in [0.3, 0.4) is 0 Å². The predicted octanol–water partition coefficient (Wildman–Crippen LogP) is 3.71. The maximum absolute atomic E-state index is 12.0. The van der Waals surface area contributed by atoms with E-state index in [1.165, 1.54) is 11.3 Å². The lowest BCUT2D eigenvalue weighted by Gasteiger charge is -2.15. The molecule has 0 fully saturated rings. The van der Waals surface area contributed by atoms with Gasteiger partial charge in [-0.25, -0.2) is 0 Å². The molecule has 0 aliphatic rings. The number of halogens is 2. The molecular weight excluding hydrogens is 329 g/mol. The van der Waals surface area contributed by atoms with Gasteiger partial charge in [0.2, 0.25) is 5.91 Å². The van der Waals surface area contributed by atoms with Crippen molar-refractivity contribution in [2.24, 2.45) is 0 Å². The summed E-state index contributed by atoms with van der Waals surface area (Å²) in [6, 6.07) is 8.83. The van der Waals surface area contributed by atoms with Crippen molar-refractivity contribution in [1.29, 1.82) is 0 Å². The lowest BCUT2D eigenvalue weighted by Crippen LogP contribution is -2.29. The summed E-state index contributed by atoms with van der Waals surface area (Å²) in [5.74, 6) is -0.109. The molecule has 0 radical (unpaired) electrons. The molecule has 0 spiro atoms. The van der Waals surface area contributed by atoms with Gasteiger partial charge in [-0.15, -0.1) is 11.3 Å². The molecule has 1 aromatic carbocycles. The molecule has 1 aromatic heterocycles. The van der Waals surface area contributed by atoms with Crippen LogP contribution in [0, 0.1) is 0 Å². The number of carbonyl (C=O) groups is 1. The number of hydrogen-bond acceptors (Lipinski definition) is 4. The highest BCUT2D eigenvalue weighted by Gasteiger charge is 2.09. The number of likely N-dealkylation sites (N-methyl/N-ethyl adjacent to an activating group) is 1. The van der Waals surface area contributed by atoms with Crippen molar-refractivity contribution >= 4 is 51.8 Å². The van der Waals surface area contributed by atoms with Crippen LogP contribution < -0.4 is 11.1 Å². The summed E-state index contributed by atoms with van der Waals surface area (Å²) < 4.78 is 0.750. The number of nitrogens with zero attached hydrogens (tertiary/aromatic N) is 1. The lowest BCUT2D eigenvalue weighted by atomic mass is 10.3. The summed E-state index contributed by atoms with van der Waals surface area (Å²) in [7, 11) is 1.88. The third kappa shape index (κ3) is 4.89. The Bertz CT molecular complexity index is 645. The maximum Gasteiger partial charge on any atom is 0.238 e. The van der Waals surface area contributed by atoms with Gasteiger partial charge < -0.3 is 11.1 Å². The molecule has 0 atom stereocenters. The fourth-order valence-electron chi connectivity index (χ4n) is 1.83. The number of nitrogens with one attached hydrogen (secondary N) is 1. The van der Waals surface area contributed by atoms with Crippen LogP contribution in [-0.2, 0) is 11.3 Å². The number of anilines is 2. The molecule has 0 bridgehead atoms. The number of benzene rings is 1. The van der Waals surface area contributed by atoms with Crippen LogP contribution in [0.15, 0.2) is 30.3 Å². The first-order valence-corrected chi connectivity index (χ1v) is 7.79. The second-order valence-corrected chi connectivity index (χ2v) is 6.87. The third-order valence-corrected chi connectivity index (χ3v) is 4.31. The highest BCUT2D eigenvalue weighted by atomic mass is 35.5. The molecule has 2 rings (SSSR count). The molecule has 0 aliphatic carbocycles. The van der Waals surface area contributed by atoms with E-state index in [1.54, 1.807) is 18.2 Å². The first-order chi connectivity index (χ1) is 9.94. The van der Waals surface area contributed by atoms with Crippen molar-refractivity contribution in [3.8, 4) is 0 Å². The minimum absolute atomic E-state index is 0.109. The summed E-state index contributed by atoms with van der Waals surface area (Å²) in [6.45, 7) is 0.950. The molecule has 0 unspecified atom stereocenters. The SMILES string of the molecule is CN(CC(=O)Nc1ccc(Cl)c(N)c1)Cc1ccc(Cl)s1. The van der Waals surface area contributed by atoms with Crippen LogP contribution in [0.5, 0.6) is 0 Å². The van der Waals surface area contributed by atoms with Gasteiger partial charge in [-0.3, -0.25) is 9.69 Å². The highest BCUT2D eigenvalue weighted by molar-refractivity contribution is 7.16. The number of amides is 1. The van der Waals surface area contributed by atoms with Gasteiger partial charge in [0.05, 0.1) is 21.6 Å². The van der Waals surface area contributed by atoms with Crippen LogP contribution in [0.1, 0.15) is 4.88 Å². The molecule has 0 saturated heterocycles. The highest BCUT2D eigenvalue weighted by Crippen LogP contribution is 2.23. The van der Waals surface area contributed by atoms with E-state index in [2.05, 4.69) is 5.32 Å². The molecule has 0 saturated carbocycles. The van der Waals surface area contributed by atoms with Gasteiger partial charge in [0, 0.05) is 17.1 Å². The summed E-state index contributed by atoms with van der Waals surface area (Å²) >= 11 is 13.2. The van der Waals surface area contributed by atoms with E-state index in [4.69, 9.17) is 28.9 Å². The largest absolute Gasteiger partial charge is 0.397 e. The normalized spacial score (nSPS) is 10.9. The van der Waals surface area contributed by atoms with E-state index in [9.17, 15) is 4.79 Å². The summed E-state index contributed by atoms with van der Waals surface area (Å²) in [6.07, 6.45) is 0. The van der Waals surface area contributed by atoms with Gasteiger partial charge in [-0.05, 0) is 37.4 Å². The molecule has 112 valence electrons. The number of thiophene rings is 1. The van der Waals surface area contributed by atoms with E-state index in [-0.39, 0.29) is 12.5 Å². The first kappa shape index (κ1) is 16.1. The van der Waals surface area contributed by atoms with Crippen molar-refractivity contribution in [3.63, 3.8) is 0 Å². The van der Waals surface area contributed by atoms with Gasteiger partial charge >= 0.3 is 0 Å². The predicted molar refractivity (Wildman–Crippen MR) is 90.2 cm³/mol. The van der Waals surface area contributed by atoms with E-state index < -0.39 is 0 Å². The van der Waals surface area contributed by atoms with Crippen LogP contribution in [0.25, 0.3) is 0 Å². The van der Waals surface area contributed by atoms with E-state index >= 15 is 0 Å². The molecule has 1 heterocycles. The van der Waals surface area contributed by atoms with Gasteiger partial charge in [-0.2, -0.15) is 0 Å². The van der Waals surface area contributed by atoms with Crippen LogP contribution in [-0.4, -0.2) is 24.4 Å². The molecule has 3 N–H and O–H groups in total. The molecule has 2 aromatic rings. The van der Waals surface area contributed by atoms with Crippen molar-refractivity contribution in [1.82, 2.24) is 4.90 Å². The van der Waals surface area contributed by atoms with Gasteiger partial charge in [0.15, 0.2) is 0 Å². The maximum atomic E-state index is 12.0. The number of carbonyl (C=O) groups excluding carboxylic acids is 1. The average Bonchev–Trinajstić information content (AvgIpc) is 2.79. The Morgan fingerprint density at radius 2 is 2.10 bits per heavy atom. The van der Waals surface area contributed by atoms with E-state index in [1.807, 2.05) is 24.1 Å². The zero-order valence-corrected chi connectivity index (χ0v) is 13.7. The van der Waals surface area contributed by atoms with Gasteiger partial charge in [0.1, 0.15) is 0 Å². The van der Waals surface area contributed by atoms with E-state index in [0.29, 0.717) is 22.9 Å². The van der Waals surface area contributed by atoms with Gasteiger partial charge in [0.25, 0.3) is 0 Å². The fourth-order valence-corrected chi connectivity index (χ4v) is 3.11. The molecule has 0 aliphatic heterocycles. The fraction of sp³-hybridized carbons (Fsp3) is 0.214. The van der Waals surface area contributed by atoms with Crippen molar-refractivity contribution in [2.75, 3.05) is 24.6 Å². The summed E-state index contributed by atoms with van der Waals surface area (Å²) in [5.41, 5.74) is 6.77. The van der Waals surface area contributed by atoms with Gasteiger partial charge in [-0.1, -0.05) is 23.2 Å². The Morgan fingerprint density at radius 1 is 1.33 bits per heavy atom. The Kier molecular flexibility index (Phi) is 5.47. The smallest absolute Gasteiger partial charge is 0.238 e. The van der Waals surface area contributed by atoms with Crippen molar-refractivity contribution in [3.05, 3.63) is 44.6 Å². The zero-order valence-electron chi connectivity index (χ0n) is 11.4. The average molecular weight is 344 g/mol. The second kappa shape index (κ2) is 7.13. The Morgan fingerprint density at radius 3 is 2.71 bits per heavy atom. The van der Waals surface area contributed by atoms with Crippen LogP contribution in [0.2, 0.25) is 9.36 Å². The molecule has 4 nitrogen and oxygen atoms in total. The Balaban J connectivity index is 1.87. The number of rotatable bonds is 5. The first-order valence-electron chi connectivity index (χ1n) is 6.21. The summed E-state index contributed by atoms with van der Waals surface area (Å²) in [5, 5.41) is 3.26. The topological polar surface area (TPSA) is 58.4 Å². The third-order valence-electron chi connectivity index (χ3n) is 2.75. The molecule has 21 heavy (non-hydrogen) atoms. The van der Waals surface area contributed by atoms with E-state index in [0.717, 1.165) is 9.21 Å². The monoisotopic (exact) mass is 343 g/mol. The Labute approximate surface area is 137 Å². The molecular formula is C14H15Cl2N3OS. The van der Waals surface area contributed by atoms with Crippen molar-refractivity contribution < 1.29 is 4.79 Å². The molecule has 7 heteroatoms. The number of hydrogen-bond donors (Lipinski definition) is 2. The number of nitrogens with two attached hydrogens (primary N) is 1. The second-order valence-electron chi connectivity index (χ2n) is 4.66. The quantitative estimate of drug-likeness (QED) is 0.813.